The van der Waals surface area contributed by atoms with E-state index in [9.17, 15) is 9.18 Å². The molecule has 0 saturated carbocycles. The molecular weight excluding hydrogens is 299 g/mol. The van der Waals surface area contributed by atoms with Crippen LogP contribution in [-0.4, -0.2) is 18.3 Å². The van der Waals surface area contributed by atoms with Crippen molar-refractivity contribution < 1.29 is 18.7 Å². The average molecular weight is 322 g/mol. The van der Waals surface area contributed by atoms with Gasteiger partial charge in [0, 0.05) is 23.6 Å². The second-order valence-corrected chi connectivity index (χ2v) is 5.68. The van der Waals surface area contributed by atoms with E-state index in [1.165, 1.54) is 0 Å². The molecule has 1 heterocycles. The van der Waals surface area contributed by atoms with E-state index in [4.69, 9.17) is 14.3 Å². The number of aliphatic hydroxyl groups excluding tert-OH is 1. The van der Waals surface area contributed by atoms with Gasteiger partial charge in [-0.2, -0.15) is 4.39 Å². The van der Waals surface area contributed by atoms with Gasteiger partial charge >= 0.3 is 5.63 Å². The van der Waals surface area contributed by atoms with E-state index in [2.05, 4.69) is 0 Å². The molecule has 0 spiro atoms. The first-order valence-electron chi connectivity index (χ1n) is 8.10. The second-order valence-electron chi connectivity index (χ2n) is 5.68. The van der Waals surface area contributed by atoms with Crippen molar-refractivity contribution in [3.8, 4) is 5.75 Å². The normalized spacial score (nSPS) is 11.1. The fourth-order valence-electron chi connectivity index (χ4n) is 2.51. The van der Waals surface area contributed by atoms with Crippen LogP contribution in [0.2, 0.25) is 0 Å². The van der Waals surface area contributed by atoms with Crippen molar-refractivity contribution in [3.05, 3.63) is 40.0 Å². The Hall–Kier alpha value is -1.88. The minimum atomic E-state index is -0.949. The monoisotopic (exact) mass is 322 g/mol. The summed E-state index contributed by atoms with van der Waals surface area (Å²) in [5, 5.41) is 9.27. The van der Waals surface area contributed by atoms with E-state index in [0.717, 1.165) is 38.5 Å². The number of ether oxygens (including phenoxy) is 1. The minimum Gasteiger partial charge on any atom is -0.493 e. The highest BCUT2D eigenvalue weighted by molar-refractivity contribution is 5.81. The first-order valence-corrected chi connectivity index (χ1v) is 8.10. The summed E-state index contributed by atoms with van der Waals surface area (Å²) in [4.78, 5) is 11.4. The Balaban J connectivity index is 1.85. The van der Waals surface area contributed by atoms with Gasteiger partial charge in [-0.1, -0.05) is 25.7 Å². The largest absolute Gasteiger partial charge is 0.493 e. The Labute approximate surface area is 134 Å². The summed E-state index contributed by atoms with van der Waals surface area (Å²) in [6.07, 6.45) is 6.23. The Morgan fingerprint density at radius 2 is 1.83 bits per heavy atom. The molecule has 0 aliphatic carbocycles. The standard InChI is InChI=1S/C18H23FO4/c1-13-15-9-8-14(12-16(15)23-18(21)17(13)19)22-11-7-5-3-2-4-6-10-20/h8-9,12,20H,2-7,10-11H2,1H3. The van der Waals surface area contributed by atoms with Crippen LogP contribution < -0.4 is 10.4 Å². The van der Waals surface area contributed by atoms with E-state index < -0.39 is 11.4 Å². The summed E-state index contributed by atoms with van der Waals surface area (Å²) in [5.74, 6) is -0.223. The lowest BCUT2D eigenvalue weighted by atomic mass is 10.1. The smallest absolute Gasteiger partial charge is 0.372 e. The number of halogens is 1. The number of hydrogen-bond acceptors (Lipinski definition) is 4. The van der Waals surface area contributed by atoms with Crippen molar-refractivity contribution in [2.24, 2.45) is 0 Å². The van der Waals surface area contributed by atoms with E-state index in [1.807, 2.05) is 0 Å². The Bertz CT molecular complexity index is 693. The molecule has 2 aromatic rings. The number of aryl methyl sites for hydroxylation is 1. The van der Waals surface area contributed by atoms with E-state index >= 15 is 0 Å². The molecule has 5 heteroatoms. The van der Waals surface area contributed by atoms with Gasteiger partial charge in [0.25, 0.3) is 0 Å². The molecule has 0 fully saturated rings. The molecule has 0 aliphatic rings. The topological polar surface area (TPSA) is 59.7 Å². The fourth-order valence-corrected chi connectivity index (χ4v) is 2.51. The highest BCUT2D eigenvalue weighted by Crippen LogP contribution is 2.23. The van der Waals surface area contributed by atoms with Crippen molar-refractivity contribution in [2.45, 2.75) is 45.4 Å². The van der Waals surface area contributed by atoms with Crippen molar-refractivity contribution >= 4 is 11.0 Å². The van der Waals surface area contributed by atoms with Crippen LogP contribution in [0.5, 0.6) is 5.75 Å². The molecule has 126 valence electrons. The predicted molar refractivity (Wildman–Crippen MR) is 87.5 cm³/mol. The van der Waals surface area contributed by atoms with Crippen LogP contribution in [0.4, 0.5) is 4.39 Å². The summed E-state index contributed by atoms with van der Waals surface area (Å²) in [6, 6.07) is 5.10. The molecule has 0 atom stereocenters. The molecule has 1 N–H and O–H groups in total. The van der Waals surface area contributed by atoms with Crippen LogP contribution >= 0.6 is 0 Å². The fraction of sp³-hybridized carbons (Fsp3) is 0.500. The molecule has 23 heavy (non-hydrogen) atoms. The molecule has 0 aliphatic heterocycles. The average Bonchev–Trinajstić information content (AvgIpc) is 2.55. The van der Waals surface area contributed by atoms with E-state index in [-0.39, 0.29) is 6.61 Å². The molecule has 4 nitrogen and oxygen atoms in total. The molecule has 0 saturated heterocycles. The maximum atomic E-state index is 13.5. The molecule has 2 rings (SSSR count). The van der Waals surface area contributed by atoms with Crippen molar-refractivity contribution in [1.29, 1.82) is 0 Å². The minimum absolute atomic E-state index is 0.268. The van der Waals surface area contributed by atoms with Gasteiger partial charge in [0.15, 0.2) is 0 Å². The summed E-state index contributed by atoms with van der Waals surface area (Å²) < 4.78 is 24.1. The number of aliphatic hydroxyl groups is 1. The first-order chi connectivity index (χ1) is 11.1. The highest BCUT2D eigenvalue weighted by Gasteiger charge is 2.11. The third-order valence-electron chi connectivity index (χ3n) is 3.89. The molecule has 1 aromatic heterocycles. The SMILES string of the molecule is Cc1c(F)c(=O)oc2cc(OCCCCCCCCO)ccc12. The zero-order chi connectivity index (χ0) is 16.7. The predicted octanol–water partition coefficient (Wildman–Crippen LogP) is 3.95. The number of benzene rings is 1. The van der Waals surface area contributed by atoms with Crippen molar-refractivity contribution in [1.82, 2.24) is 0 Å². The van der Waals surface area contributed by atoms with Crippen molar-refractivity contribution in [2.75, 3.05) is 13.2 Å². The molecule has 0 amide bonds. The zero-order valence-corrected chi connectivity index (χ0v) is 13.4. The van der Waals surface area contributed by atoms with Crippen LogP contribution in [0.25, 0.3) is 11.0 Å². The quantitative estimate of drug-likeness (QED) is 0.561. The van der Waals surface area contributed by atoms with Crippen LogP contribution in [0.15, 0.2) is 27.4 Å². The molecular formula is C18H23FO4. The van der Waals surface area contributed by atoms with Gasteiger partial charge in [0.1, 0.15) is 11.3 Å². The third-order valence-corrected chi connectivity index (χ3v) is 3.89. The summed E-state index contributed by atoms with van der Waals surface area (Å²) in [7, 11) is 0. The second kappa shape index (κ2) is 8.67. The van der Waals surface area contributed by atoms with E-state index in [1.54, 1.807) is 25.1 Å². The zero-order valence-electron chi connectivity index (χ0n) is 13.4. The molecule has 0 radical (unpaired) electrons. The van der Waals surface area contributed by atoms with Crippen LogP contribution in [0, 0.1) is 12.7 Å². The van der Waals surface area contributed by atoms with Crippen LogP contribution in [0.3, 0.4) is 0 Å². The number of unbranched alkanes of at least 4 members (excludes halogenated alkanes) is 5. The molecule has 0 unspecified atom stereocenters. The number of rotatable bonds is 9. The summed E-state index contributed by atoms with van der Waals surface area (Å²) in [6.45, 7) is 2.42. The van der Waals surface area contributed by atoms with Crippen LogP contribution in [-0.2, 0) is 0 Å². The van der Waals surface area contributed by atoms with Gasteiger partial charge in [-0.15, -0.1) is 0 Å². The lowest BCUT2D eigenvalue weighted by Gasteiger charge is -2.08. The maximum absolute atomic E-state index is 13.5. The van der Waals surface area contributed by atoms with E-state index in [0.29, 0.717) is 28.9 Å². The molecule has 0 bridgehead atoms. The highest BCUT2D eigenvalue weighted by atomic mass is 19.1. The van der Waals surface area contributed by atoms with Gasteiger partial charge in [-0.3, -0.25) is 0 Å². The molecule has 1 aromatic carbocycles. The Kier molecular flexibility index (Phi) is 6.59. The van der Waals surface area contributed by atoms with Gasteiger partial charge in [-0.05, 0) is 31.9 Å². The van der Waals surface area contributed by atoms with Crippen molar-refractivity contribution in [3.63, 3.8) is 0 Å². The number of hydrogen-bond donors (Lipinski definition) is 1. The summed E-state index contributed by atoms with van der Waals surface area (Å²) in [5.41, 5.74) is -0.309. The third kappa shape index (κ3) is 4.79. The number of fused-ring (bicyclic) bond motifs is 1. The van der Waals surface area contributed by atoms with Crippen LogP contribution in [0.1, 0.15) is 44.1 Å². The first kappa shape index (κ1) is 17.5. The Morgan fingerprint density at radius 3 is 2.57 bits per heavy atom. The lowest BCUT2D eigenvalue weighted by molar-refractivity contribution is 0.280. The van der Waals surface area contributed by atoms with Gasteiger partial charge in [-0.25, -0.2) is 4.79 Å². The summed E-state index contributed by atoms with van der Waals surface area (Å²) >= 11 is 0. The lowest BCUT2D eigenvalue weighted by Crippen LogP contribution is -2.07. The van der Waals surface area contributed by atoms with Gasteiger partial charge < -0.3 is 14.3 Å². The van der Waals surface area contributed by atoms with Gasteiger partial charge in [0.2, 0.25) is 5.82 Å². The maximum Gasteiger partial charge on any atom is 0.372 e. The van der Waals surface area contributed by atoms with Gasteiger partial charge in [0.05, 0.1) is 6.61 Å². The Morgan fingerprint density at radius 1 is 1.13 bits per heavy atom.